The molecule has 27 heavy (non-hydrogen) atoms. The fourth-order valence-electron chi connectivity index (χ4n) is 2.90. The Labute approximate surface area is 166 Å². The first-order valence-electron chi connectivity index (χ1n) is 8.00. The molecule has 0 saturated carbocycles. The number of halogens is 2. The Hall–Kier alpha value is -2.28. The second kappa shape index (κ2) is 7.38. The zero-order valence-electron chi connectivity index (χ0n) is 14.2. The number of nitrogens with zero attached hydrogens (tertiary/aromatic N) is 1. The zero-order valence-corrected chi connectivity index (χ0v) is 16.5. The summed E-state index contributed by atoms with van der Waals surface area (Å²) in [5, 5.41) is 10.6. The minimum Gasteiger partial charge on any atom is -0.478 e. The van der Waals surface area contributed by atoms with Crippen LogP contribution in [0.2, 0.25) is 10.0 Å². The van der Waals surface area contributed by atoms with Crippen molar-refractivity contribution >= 4 is 55.7 Å². The molecule has 0 heterocycles. The normalized spacial score (nSPS) is 11.5. The molecule has 0 atom stereocenters. The van der Waals surface area contributed by atoms with E-state index in [9.17, 15) is 18.3 Å². The molecule has 5 nitrogen and oxygen atoms in total. The molecule has 3 aromatic carbocycles. The van der Waals surface area contributed by atoms with Crippen molar-refractivity contribution in [3.63, 3.8) is 0 Å². The fourth-order valence-corrected chi connectivity index (χ4v) is 5.23. The number of sulfonamides is 1. The summed E-state index contributed by atoms with van der Waals surface area (Å²) in [6, 6.07) is 14.9. The summed E-state index contributed by atoms with van der Waals surface area (Å²) in [7, 11) is -4.12. The molecular weight excluding hydrogens is 409 g/mol. The van der Waals surface area contributed by atoms with E-state index in [1.54, 1.807) is 19.1 Å². The molecular formula is C19H15Cl2NO4S. The predicted molar refractivity (Wildman–Crippen MR) is 108 cm³/mol. The van der Waals surface area contributed by atoms with Crippen LogP contribution >= 0.6 is 23.2 Å². The highest BCUT2D eigenvalue weighted by atomic mass is 35.5. The van der Waals surface area contributed by atoms with Gasteiger partial charge in [-0.1, -0.05) is 59.6 Å². The number of carboxylic acid groups (broad SMARTS) is 1. The van der Waals surface area contributed by atoms with E-state index in [0.717, 1.165) is 22.9 Å². The summed E-state index contributed by atoms with van der Waals surface area (Å²) >= 11 is 12.0. The number of rotatable bonds is 5. The summed E-state index contributed by atoms with van der Waals surface area (Å²) in [4.78, 5) is 11.1. The van der Waals surface area contributed by atoms with Gasteiger partial charge in [-0.15, -0.1) is 0 Å². The SMILES string of the molecule is CCN(c1cccc2ccccc12)S(=O)(=O)c1cc(C(=O)O)c(Cl)cc1Cl. The third kappa shape index (κ3) is 3.48. The van der Waals surface area contributed by atoms with Crippen LogP contribution in [0, 0.1) is 0 Å². The molecule has 140 valence electrons. The maximum atomic E-state index is 13.3. The Balaban J connectivity index is 2.24. The molecule has 3 rings (SSSR count). The molecule has 0 aliphatic carbocycles. The fraction of sp³-hybridized carbons (Fsp3) is 0.105. The van der Waals surface area contributed by atoms with Gasteiger partial charge in [0.25, 0.3) is 10.0 Å². The van der Waals surface area contributed by atoms with Gasteiger partial charge in [0.05, 0.1) is 21.3 Å². The van der Waals surface area contributed by atoms with Crippen LogP contribution in [0.5, 0.6) is 0 Å². The minimum absolute atomic E-state index is 0.125. The Morgan fingerprint density at radius 1 is 1.04 bits per heavy atom. The summed E-state index contributed by atoms with van der Waals surface area (Å²) in [5.41, 5.74) is 0.159. The molecule has 0 aliphatic rings. The standard InChI is InChI=1S/C19H15Cl2NO4S/c1-2-22(17-9-5-7-12-6-3-4-8-13(12)17)27(25,26)18-10-14(19(23)24)15(20)11-16(18)21/h3-11H,2H2,1H3,(H,23,24). The second-order valence-electron chi connectivity index (χ2n) is 5.74. The highest BCUT2D eigenvalue weighted by molar-refractivity contribution is 7.93. The average Bonchev–Trinajstić information content (AvgIpc) is 2.61. The number of anilines is 1. The van der Waals surface area contributed by atoms with Gasteiger partial charge in [0.15, 0.2) is 0 Å². The van der Waals surface area contributed by atoms with Crippen molar-refractivity contribution in [2.75, 3.05) is 10.8 Å². The van der Waals surface area contributed by atoms with Crippen LogP contribution in [0.1, 0.15) is 17.3 Å². The lowest BCUT2D eigenvalue weighted by Gasteiger charge is -2.25. The predicted octanol–water partition coefficient (Wildman–Crippen LogP) is 5.06. The zero-order chi connectivity index (χ0) is 19.8. The van der Waals surface area contributed by atoms with Crippen molar-refractivity contribution in [3.05, 3.63) is 70.2 Å². The monoisotopic (exact) mass is 423 g/mol. The smallest absolute Gasteiger partial charge is 0.337 e. The highest BCUT2D eigenvalue weighted by Crippen LogP contribution is 2.35. The molecule has 0 amide bonds. The number of aromatic carboxylic acids is 1. The number of carbonyl (C=O) groups is 1. The number of benzene rings is 3. The van der Waals surface area contributed by atoms with Gasteiger partial charge in [0.1, 0.15) is 4.90 Å². The topological polar surface area (TPSA) is 74.7 Å². The molecule has 0 saturated heterocycles. The maximum absolute atomic E-state index is 13.3. The third-order valence-electron chi connectivity index (χ3n) is 4.14. The van der Waals surface area contributed by atoms with Crippen LogP contribution in [0.4, 0.5) is 5.69 Å². The lowest BCUT2D eigenvalue weighted by Crippen LogP contribution is -2.31. The number of carboxylic acids is 1. The second-order valence-corrected chi connectivity index (χ2v) is 8.38. The molecule has 0 spiro atoms. The minimum atomic E-state index is -4.12. The largest absolute Gasteiger partial charge is 0.478 e. The Bertz CT molecular complexity index is 1140. The Morgan fingerprint density at radius 2 is 1.70 bits per heavy atom. The molecule has 0 bridgehead atoms. The number of hydrogen-bond donors (Lipinski definition) is 1. The lowest BCUT2D eigenvalue weighted by atomic mass is 10.1. The lowest BCUT2D eigenvalue weighted by molar-refractivity contribution is 0.0697. The van der Waals surface area contributed by atoms with Gasteiger partial charge in [0.2, 0.25) is 0 Å². The molecule has 1 N–H and O–H groups in total. The summed E-state index contributed by atoms with van der Waals surface area (Å²) < 4.78 is 27.8. The van der Waals surface area contributed by atoms with E-state index in [-0.39, 0.29) is 27.0 Å². The maximum Gasteiger partial charge on any atom is 0.337 e. The quantitative estimate of drug-likeness (QED) is 0.621. The van der Waals surface area contributed by atoms with Crippen molar-refractivity contribution in [2.24, 2.45) is 0 Å². The van der Waals surface area contributed by atoms with Crippen molar-refractivity contribution < 1.29 is 18.3 Å². The van der Waals surface area contributed by atoms with E-state index in [2.05, 4.69) is 0 Å². The molecule has 8 heteroatoms. The van der Waals surface area contributed by atoms with E-state index in [0.29, 0.717) is 5.69 Å². The van der Waals surface area contributed by atoms with E-state index in [1.807, 2.05) is 30.3 Å². The van der Waals surface area contributed by atoms with Gasteiger partial charge in [0, 0.05) is 11.9 Å². The highest BCUT2D eigenvalue weighted by Gasteiger charge is 2.29. The van der Waals surface area contributed by atoms with Crippen molar-refractivity contribution in [2.45, 2.75) is 11.8 Å². The van der Waals surface area contributed by atoms with Crippen LogP contribution in [-0.4, -0.2) is 26.0 Å². The van der Waals surface area contributed by atoms with E-state index < -0.39 is 16.0 Å². The Morgan fingerprint density at radius 3 is 2.37 bits per heavy atom. The molecule has 0 radical (unpaired) electrons. The van der Waals surface area contributed by atoms with Crippen LogP contribution < -0.4 is 4.31 Å². The van der Waals surface area contributed by atoms with Crippen molar-refractivity contribution in [1.82, 2.24) is 0 Å². The number of hydrogen-bond acceptors (Lipinski definition) is 3. The first-order valence-corrected chi connectivity index (χ1v) is 10.2. The van der Waals surface area contributed by atoms with Gasteiger partial charge < -0.3 is 5.11 Å². The molecule has 3 aromatic rings. The molecule has 0 aromatic heterocycles. The summed E-state index contributed by atoms with van der Waals surface area (Å²) in [6.07, 6.45) is 0. The van der Waals surface area contributed by atoms with Gasteiger partial charge in [-0.05, 0) is 30.5 Å². The van der Waals surface area contributed by atoms with Gasteiger partial charge in [-0.25, -0.2) is 13.2 Å². The first kappa shape index (κ1) is 19.5. The van der Waals surface area contributed by atoms with E-state index in [1.165, 1.54) is 4.31 Å². The van der Waals surface area contributed by atoms with Crippen molar-refractivity contribution in [3.8, 4) is 0 Å². The molecule has 0 aliphatic heterocycles. The van der Waals surface area contributed by atoms with Crippen LogP contribution in [0.15, 0.2) is 59.5 Å². The van der Waals surface area contributed by atoms with E-state index >= 15 is 0 Å². The van der Waals surface area contributed by atoms with Gasteiger partial charge in [-0.2, -0.15) is 0 Å². The summed E-state index contributed by atoms with van der Waals surface area (Å²) in [6.45, 7) is 1.83. The first-order chi connectivity index (χ1) is 12.8. The van der Waals surface area contributed by atoms with Crippen LogP contribution in [0.3, 0.4) is 0 Å². The molecule has 0 fully saturated rings. The van der Waals surface area contributed by atoms with Crippen LogP contribution in [-0.2, 0) is 10.0 Å². The summed E-state index contributed by atoms with van der Waals surface area (Å²) in [5.74, 6) is -1.33. The third-order valence-corrected chi connectivity index (χ3v) is 6.81. The van der Waals surface area contributed by atoms with Crippen LogP contribution in [0.25, 0.3) is 10.8 Å². The van der Waals surface area contributed by atoms with Gasteiger partial charge in [-0.3, -0.25) is 4.31 Å². The average molecular weight is 424 g/mol. The Kier molecular flexibility index (Phi) is 5.33. The van der Waals surface area contributed by atoms with Crippen molar-refractivity contribution in [1.29, 1.82) is 0 Å². The van der Waals surface area contributed by atoms with E-state index in [4.69, 9.17) is 23.2 Å². The molecule has 0 unspecified atom stereocenters. The van der Waals surface area contributed by atoms with Gasteiger partial charge >= 0.3 is 5.97 Å². The number of fused-ring (bicyclic) bond motifs is 1.